The summed E-state index contributed by atoms with van der Waals surface area (Å²) < 4.78 is 5.46. The van der Waals surface area contributed by atoms with Crippen LogP contribution in [0.4, 0.5) is 5.69 Å². The van der Waals surface area contributed by atoms with Gasteiger partial charge in [-0.25, -0.2) is 0 Å². The van der Waals surface area contributed by atoms with Gasteiger partial charge in [0.2, 0.25) is 5.91 Å². The van der Waals surface area contributed by atoms with E-state index in [1.807, 2.05) is 25.1 Å². The van der Waals surface area contributed by atoms with E-state index in [9.17, 15) is 4.79 Å². The number of nitrogens with two attached hydrogens (primary N) is 1. The third-order valence-corrected chi connectivity index (χ3v) is 2.37. The summed E-state index contributed by atoms with van der Waals surface area (Å²) in [7, 11) is 0. The van der Waals surface area contributed by atoms with Crippen molar-refractivity contribution < 1.29 is 9.53 Å². The van der Waals surface area contributed by atoms with Crippen molar-refractivity contribution in [1.82, 2.24) is 0 Å². The minimum atomic E-state index is -0.541. The number of ether oxygens (including phenoxy) is 1. The fourth-order valence-corrected chi connectivity index (χ4v) is 1.58. The summed E-state index contributed by atoms with van der Waals surface area (Å²) in [5.41, 5.74) is 7.29. The number of fused-ring (bicyclic) bond motifs is 1. The molecule has 4 nitrogen and oxygen atoms in total. The molecule has 0 bridgehead atoms. The number of rotatable bonds is 3. The van der Waals surface area contributed by atoms with E-state index in [0.29, 0.717) is 6.61 Å². The molecule has 1 aliphatic heterocycles. The monoisotopic (exact) mass is 206 g/mol. The normalized spacial score (nSPS) is 18.5. The molecule has 2 rings (SSSR count). The Morgan fingerprint density at radius 1 is 1.53 bits per heavy atom. The van der Waals surface area contributed by atoms with Gasteiger partial charge in [-0.2, -0.15) is 0 Å². The lowest BCUT2D eigenvalue weighted by Gasteiger charge is -2.06. The molecule has 1 atom stereocenters. The van der Waals surface area contributed by atoms with E-state index in [0.717, 1.165) is 23.4 Å². The molecule has 0 spiro atoms. The smallest absolute Gasteiger partial charge is 0.245 e. The van der Waals surface area contributed by atoms with Crippen LogP contribution in [0.2, 0.25) is 0 Å². The van der Waals surface area contributed by atoms with Crippen molar-refractivity contribution in [3.05, 3.63) is 23.8 Å². The van der Waals surface area contributed by atoms with Crippen LogP contribution in [0, 0.1) is 0 Å². The minimum absolute atomic E-state index is 0.155. The van der Waals surface area contributed by atoms with E-state index >= 15 is 0 Å². The van der Waals surface area contributed by atoms with Crippen molar-refractivity contribution >= 4 is 11.6 Å². The highest BCUT2D eigenvalue weighted by Gasteiger charge is 2.26. The Morgan fingerprint density at radius 3 is 3.07 bits per heavy atom. The van der Waals surface area contributed by atoms with Crippen molar-refractivity contribution in [2.45, 2.75) is 19.4 Å². The first kappa shape index (κ1) is 9.98. The van der Waals surface area contributed by atoms with E-state index in [4.69, 9.17) is 10.5 Å². The molecule has 0 saturated carbocycles. The molecule has 1 aromatic rings. The Hall–Kier alpha value is -1.55. The number of nitrogens with one attached hydrogen (secondary N) is 1. The summed E-state index contributed by atoms with van der Waals surface area (Å²) in [6.07, 6.45) is 0.961. The largest absolute Gasteiger partial charge is 0.494 e. The maximum absolute atomic E-state index is 11.3. The second kappa shape index (κ2) is 3.90. The Labute approximate surface area is 88.4 Å². The van der Waals surface area contributed by atoms with Crippen LogP contribution < -0.4 is 15.8 Å². The van der Waals surface area contributed by atoms with Crippen molar-refractivity contribution in [3.8, 4) is 5.75 Å². The van der Waals surface area contributed by atoms with Gasteiger partial charge < -0.3 is 15.8 Å². The highest BCUT2D eigenvalue weighted by Crippen LogP contribution is 2.32. The molecule has 1 aromatic carbocycles. The second-order valence-electron chi connectivity index (χ2n) is 3.56. The molecule has 1 aliphatic rings. The van der Waals surface area contributed by atoms with Gasteiger partial charge in [-0.15, -0.1) is 0 Å². The fraction of sp³-hybridized carbons (Fsp3) is 0.364. The molecule has 1 heterocycles. The molecule has 0 aromatic heterocycles. The van der Waals surface area contributed by atoms with Gasteiger partial charge in [0.25, 0.3) is 0 Å². The number of benzene rings is 1. The number of carbonyl (C=O) groups excluding carboxylic acids is 1. The highest BCUT2D eigenvalue weighted by molar-refractivity contribution is 6.02. The zero-order chi connectivity index (χ0) is 10.8. The first-order valence-corrected chi connectivity index (χ1v) is 5.05. The standard InChI is InChI=1S/C11H14N2O2/c1-2-5-15-7-3-4-8-9(6-7)13-11(14)10(8)12/h3-4,6,10H,2,5,12H2,1H3,(H,13,14). The van der Waals surface area contributed by atoms with Crippen LogP contribution >= 0.6 is 0 Å². The highest BCUT2D eigenvalue weighted by atomic mass is 16.5. The maximum Gasteiger partial charge on any atom is 0.245 e. The molecular formula is C11H14N2O2. The fourth-order valence-electron chi connectivity index (χ4n) is 1.58. The average Bonchev–Trinajstić information content (AvgIpc) is 2.52. The Kier molecular flexibility index (Phi) is 2.60. The third kappa shape index (κ3) is 1.80. The van der Waals surface area contributed by atoms with E-state index in [-0.39, 0.29) is 5.91 Å². The Bertz CT molecular complexity index is 390. The van der Waals surface area contributed by atoms with E-state index < -0.39 is 6.04 Å². The summed E-state index contributed by atoms with van der Waals surface area (Å²) >= 11 is 0. The quantitative estimate of drug-likeness (QED) is 0.786. The van der Waals surface area contributed by atoms with Crippen LogP contribution in [0.15, 0.2) is 18.2 Å². The molecule has 4 heteroatoms. The minimum Gasteiger partial charge on any atom is -0.494 e. The van der Waals surface area contributed by atoms with Crippen LogP contribution in [-0.4, -0.2) is 12.5 Å². The van der Waals surface area contributed by atoms with Gasteiger partial charge in [0.05, 0.1) is 6.61 Å². The van der Waals surface area contributed by atoms with Gasteiger partial charge >= 0.3 is 0 Å². The zero-order valence-electron chi connectivity index (χ0n) is 8.62. The van der Waals surface area contributed by atoms with Crippen molar-refractivity contribution in [1.29, 1.82) is 0 Å². The SMILES string of the molecule is CCCOc1ccc2c(c1)NC(=O)C2N. The summed E-state index contributed by atoms with van der Waals surface area (Å²) in [4.78, 5) is 11.3. The molecule has 80 valence electrons. The van der Waals surface area contributed by atoms with Gasteiger partial charge in [0.15, 0.2) is 0 Å². The van der Waals surface area contributed by atoms with Crippen LogP contribution in [0.25, 0.3) is 0 Å². The number of hydrogen-bond acceptors (Lipinski definition) is 3. The van der Waals surface area contributed by atoms with Gasteiger partial charge in [-0.05, 0) is 12.5 Å². The van der Waals surface area contributed by atoms with Gasteiger partial charge in [0.1, 0.15) is 11.8 Å². The molecule has 1 unspecified atom stereocenters. The molecule has 0 saturated heterocycles. The molecule has 15 heavy (non-hydrogen) atoms. The molecule has 0 aliphatic carbocycles. The first-order chi connectivity index (χ1) is 7.22. The third-order valence-electron chi connectivity index (χ3n) is 2.37. The summed E-state index contributed by atoms with van der Waals surface area (Å²) in [5, 5.41) is 2.72. The lowest BCUT2D eigenvalue weighted by atomic mass is 10.1. The molecule has 3 N–H and O–H groups in total. The number of carbonyl (C=O) groups is 1. The van der Waals surface area contributed by atoms with Crippen molar-refractivity contribution in [2.75, 3.05) is 11.9 Å². The van der Waals surface area contributed by atoms with Gasteiger partial charge in [-0.3, -0.25) is 4.79 Å². The predicted octanol–water partition coefficient (Wildman–Crippen LogP) is 1.43. The number of amides is 1. The molecule has 0 radical (unpaired) electrons. The lowest BCUT2D eigenvalue weighted by Crippen LogP contribution is -2.19. The van der Waals surface area contributed by atoms with Gasteiger partial charge in [0, 0.05) is 17.3 Å². The van der Waals surface area contributed by atoms with Crippen molar-refractivity contribution in [3.63, 3.8) is 0 Å². The van der Waals surface area contributed by atoms with E-state index in [2.05, 4.69) is 5.32 Å². The van der Waals surface area contributed by atoms with Crippen LogP contribution in [0.3, 0.4) is 0 Å². The Morgan fingerprint density at radius 2 is 2.33 bits per heavy atom. The number of hydrogen-bond donors (Lipinski definition) is 2. The maximum atomic E-state index is 11.3. The zero-order valence-corrected chi connectivity index (χ0v) is 8.62. The lowest BCUT2D eigenvalue weighted by molar-refractivity contribution is -0.116. The van der Waals surface area contributed by atoms with E-state index in [1.54, 1.807) is 0 Å². The molecular weight excluding hydrogens is 192 g/mol. The second-order valence-corrected chi connectivity index (χ2v) is 3.56. The molecule has 0 fully saturated rings. The van der Waals surface area contributed by atoms with Crippen LogP contribution in [-0.2, 0) is 4.79 Å². The summed E-state index contributed by atoms with van der Waals surface area (Å²) in [6.45, 7) is 2.73. The van der Waals surface area contributed by atoms with Gasteiger partial charge in [-0.1, -0.05) is 13.0 Å². The predicted molar refractivity (Wildman–Crippen MR) is 57.8 cm³/mol. The average molecular weight is 206 g/mol. The Balaban J connectivity index is 2.22. The first-order valence-electron chi connectivity index (χ1n) is 5.05. The van der Waals surface area contributed by atoms with Crippen LogP contribution in [0.1, 0.15) is 24.9 Å². The number of anilines is 1. The topological polar surface area (TPSA) is 64.3 Å². The molecule has 1 amide bonds. The summed E-state index contributed by atoms with van der Waals surface area (Å²) in [6, 6.07) is 4.95. The van der Waals surface area contributed by atoms with E-state index in [1.165, 1.54) is 0 Å². The summed E-state index contributed by atoms with van der Waals surface area (Å²) in [5.74, 6) is 0.614. The van der Waals surface area contributed by atoms with Crippen molar-refractivity contribution in [2.24, 2.45) is 5.73 Å². The van der Waals surface area contributed by atoms with Crippen LogP contribution in [0.5, 0.6) is 5.75 Å².